The predicted molar refractivity (Wildman–Crippen MR) is 87.6 cm³/mol. The summed E-state index contributed by atoms with van der Waals surface area (Å²) in [5, 5.41) is 5.19. The van der Waals surface area contributed by atoms with Gasteiger partial charge in [-0.3, -0.25) is 14.2 Å². The van der Waals surface area contributed by atoms with Crippen molar-refractivity contribution in [1.29, 1.82) is 0 Å². The maximum Gasteiger partial charge on any atom is 0.527 e. The molecule has 1 aromatic rings. The van der Waals surface area contributed by atoms with Crippen LogP contribution in [0.1, 0.15) is 5.56 Å². The van der Waals surface area contributed by atoms with E-state index >= 15 is 0 Å². The van der Waals surface area contributed by atoms with Gasteiger partial charge in [0.05, 0.1) is 27.4 Å². The van der Waals surface area contributed by atoms with Gasteiger partial charge in [0.15, 0.2) is 11.5 Å². The minimum Gasteiger partial charge on any atom is -0.493 e. The summed E-state index contributed by atoms with van der Waals surface area (Å²) in [5.74, 6) is 0.200. The molecule has 0 heterocycles. The minimum atomic E-state index is -4.41. The summed E-state index contributed by atoms with van der Waals surface area (Å²) in [6.45, 7) is 1.83. The van der Waals surface area contributed by atoms with Crippen LogP contribution in [-0.2, 0) is 13.9 Å². The second-order valence-electron chi connectivity index (χ2n) is 4.77. The topological polar surface area (TPSA) is 115 Å². The normalized spacial score (nSPS) is 13.0. The zero-order valence-corrected chi connectivity index (χ0v) is 15.0. The molecule has 0 aliphatic heterocycles. The van der Waals surface area contributed by atoms with Gasteiger partial charge in [-0.15, -0.1) is 0 Å². The third-order valence-corrected chi connectivity index (χ3v) is 3.75. The van der Waals surface area contributed by atoms with Crippen molar-refractivity contribution in [2.45, 2.75) is 6.92 Å². The van der Waals surface area contributed by atoms with E-state index in [2.05, 4.69) is 10.6 Å². The second-order valence-corrected chi connectivity index (χ2v) is 6.15. The van der Waals surface area contributed by atoms with Gasteiger partial charge >= 0.3 is 7.82 Å². The molecule has 0 aliphatic rings. The van der Waals surface area contributed by atoms with Crippen LogP contribution >= 0.6 is 7.82 Å². The summed E-state index contributed by atoms with van der Waals surface area (Å²) in [7, 11) is 0.0297. The zero-order chi connectivity index (χ0) is 18.2. The van der Waals surface area contributed by atoms with Crippen LogP contribution in [0.5, 0.6) is 17.2 Å². The monoisotopic (exact) mass is 362 g/mol. The van der Waals surface area contributed by atoms with E-state index in [1.165, 1.54) is 14.2 Å². The third kappa shape index (κ3) is 6.37. The average molecular weight is 362 g/mol. The molecule has 1 unspecified atom stereocenters. The van der Waals surface area contributed by atoms with Crippen LogP contribution in [0, 0.1) is 6.92 Å². The standard InChI is InChI=1S/C14H23N2O7P/c1-10-7-11(20-3)14(12(8-10)21-4)23-24(18,19)22-6-5-16-13(17)9-15-2/h7-8,15H,5-6,9H2,1-4H3,(H,16,17)(H,18,19). The van der Waals surface area contributed by atoms with Crippen molar-refractivity contribution >= 4 is 13.7 Å². The van der Waals surface area contributed by atoms with Gasteiger partial charge in [0.25, 0.3) is 0 Å². The molecule has 0 saturated heterocycles. The maximum atomic E-state index is 12.0. The number of nitrogens with one attached hydrogen (secondary N) is 2. The van der Waals surface area contributed by atoms with Gasteiger partial charge in [-0.05, 0) is 31.7 Å². The van der Waals surface area contributed by atoms with Crippen LogP contribution in [0.15, 0.2) is 12.1 Å². The summed E-state index contributed by atoms with van der Waals surface area (Å²) >= 11 is 0. The van der Waals surface area contributed by atoms with Crippen molar-refractivity contribution in [3.8, 4) is 17.2 Å². The molecule has 1 rings (SSSR count). The van der Waals surface area contributed by atoms with E-state index in [4.69, 9.17) is 18.5 Å². The second kappa shape index (κ2) is 9.48. The lowest BCUT2D eigenvalue weighted by Crippen LogP contribution is -2.34. The Hall–Kier alpha value is -1.80. The first kappa shape index (κ1) is 20.2. The Morgan fingerprint density at radius 1 is 1.25 bits per heavy atom. The van der Waals surface area contributed by atoms with Gasteiger partial charge in [0.2, 0.25) is 11.7 Å². The van der Waals surface area contributed by atoms with Crippen molar-refractivity contribution in [2.24, 2.45) is 0 Å². The number of carbonyl (C=O) groups is 1. The van der Waals surface area contributed by atoms with Crippen LogP contribution in [0.4, 0.5) is 0 Å². The van der Waals surface area contributed by atoms with Gasteiger partial charge < -0.3 is 24.6 Å². The van der Waals surface area contributed by atoms with Crippen molar-refractivity contribution in [3.63, 3.8) is 0 Å². The lowest BCUT2D eigenvalue weighted by Gasteiger charge is -2.18. The Morgan fingerprint density at radius 2 is 1.83 bits per heavy atom. The highest BCUT2D eigenvalue weighted by Gasteiger charge is 2.27. The van der Waals surface area contributed by atoms with E-state index in [9.17, 15) is 14.3 Å². The van der Waals surface area contributed by atoms with Crippen LogP contribution in [0.25, 0.3) is 0 Å². The van der Waals surface area contributed by atoms with E-state index in [0.29, 0.717) is 0 Å². The van der Waals surface area contributed by atoms with Crippen molar-refractivity contribution in [1.82, 2.24) is 10.6 Å². The molecule has 0 bridgehead atoms. The molecule has 1 atom stereocenters. The first-order valence-electron chi connectivity index (χ1n) is 7.13. The highest BCUT2D eigenvalue weighted by atomic mass is 31.2. The number of aryl methyl sites for hydroxylation is 1. The Kier molecular flexibility index (Phi) is 8.00. The molecule has 0 radical (unpaired) electrons. The van der Waals surface area contributed by atoms with Gasteiger partial charge in [-0.1, -0.05) is 0 Å². The first-order valence-corrected chi connectivity index (χ1v) is 8.63. The largest absolute Gasteiger partial charge is 0.527 e. The summed E-state index contributed by atoms with van der Waals surface area (Å²) in [4.78, 5) is 21.1. The van der Waals surface area contributed by atoms with Crippen molar-refractivity contribution in [3.05, 3.63) is 17.7 Å². The number of amides is 1. The van der Waals surface area contributed by atoms with E-state index in [1.54, 1.807) is 19.2 Å². The summed E-state index contributed by atoms with van der Waals surface area (Å²) < 4.78 is 32.2. The molecule has 0 saturated carbocycles. The average Bonchev–Trinajstić information content (AvgIpc) is 2.53. The van der Waals surface area contributed by atoms with Crippen LogP contribution < -0.4 is 24.6 Å². The number of rotatable bonds is 10. The number of ether oxygens (including phenoxy) is 2. The van der Waals surface area contributed by atoms with E-state index < -0.39 is 7.82 Å². The van der Waals surface area contributed by atoms with E-state index in [-0.39, 0.29) is 42.9 Å². The lowest BCUT2D eigenvalue weighted by molar-refractivity contribution is -0.120. The molecule has 10 heteroatoms. The summed E-state index contributed by atoms with van der Waals surface area (Å²) in [5.41, 5.74) is 0.831. The van der Waals surface area contributed by atoms with Crippen LogP contribution in [-0.4, -0.2) is 51.8 Å². The van der Waals surface area contributed by atoms with Crippen LogP contribution in [0.3, 0.4) is 0 Å². The summed E-state index contributed by atoms with van der Waals surface area (Å²) in [6, 6.07) is 3.27. The fraction of sp³-hybridized carbons (Fsp3) is 0.500. The number of carbonyl (C=O) groups excluding carboxylic acids is 1. The molecule has 1 aromatic carbocycles. The SMILES string of the molecule is CNCC(=O)NCCOP(=O)(O)Oc1c(OC)cc(C)cc1OC. The number of hydrogen-bond donors (Lipinski definition) is 3. The molecule has 3 N–H and O–H groups in total. The van der Waals surface area contributed by atoms with Gasteiger partial charge in [-0.2, -0.15) is 0 Å². The molecule has 0 aliphatic carbocycles. The Morgan fingerprint density at radius 3 is 2.33 bits per heavy atom. The van der Waals surface area contributed by atoms with Crippen molar-refractivity contribution < 1.29 is 32.8 Å². The molecular weight excluding hydrogens is 339 g/mol. The van der Waals surface area contributed by atoms with E-state index in [0.717, 1.165) is 5.56 Å². The van der Waals surface area contributed by atoms with Crippen LogP contribution in [0.2, 0.25) is 0 Å². The van der Waals surface area contributed by atoms with Gasteiger partial charge in [0, 0.05) is 6.54 Å². The molecule has 1 amide bonds. The zero-order valence-electron chi connectivity index (χ0n) is 14.1. The Balaban J connectivity index is 2.70. The minimum absolute atomic E-state index is 0.0318. The number of likely N-dealkylation sites (N-methyl/N-ethyl adjacent to an activating group) is 1. The molecule has 0 spiro atoms. The van der Waals surface area contributed by atoms with Crippen molar-refractivity contribution in [2.75, 3.05) is 41.0 Å². The Labute approximate surface area is 140 Å². The fourth-order valence-electron chi connectivity index (χ4n) is 1.82. The quantitative estimate of drug-likeness (QED) is 0.414. The molecular formula is C14H23N2O7P. The third-order valence-electron chi connectivity index (χ3n) is 2.83. The first-order chi connectivity index (χ1) is 11.3. The lowest BCUT2D eigenvalue weighted by atomic mass is 10.2. The number of methoxy groups -OCH3 is 2. The molecule has 0 aromatic heterocycles. The van der Waals surface area contributed by atoms with Gasteiger partial charge in [0.1, 0.15) is 0 Å². The highest BCUT2D eigenvalue weighted by Crippen LogP contribution is 2.50. The highest BCUT2D eigenvalue weighted by molar-refractivity contribution is 7.47. The van der Waals surface area contributed by atoms with E-state index in [1.807, 2.05) is 6.92 Å². The van der Waals surface area contributed by atoms with Gasteiger partial charge in [-0.25, -0.2) is 4.57 Å². The number of hydrogen-bond acceptors (Lipinski definition) is 7. The number of benzene rings is 1. The molecule has 0 fully saturated rings. The molecule has 9 nitrogen and oxygen atoms in total. The predicted octanol–water partition coefficient (Wildman–Crippen LogP) is 0.844. The fourth-order valence-corrected chi connectivity index (χ4v) is 2.60. The molecule has 24 heavy (non-hydrogen) atoms. The molecule has 136 valence electrons. The number of phosphoric ester groups is 1. The smallest absolute Gasteiger partial charge is 0.493 e. The summed E-state index contributed by atoms with van der Waals surface area (Å²) in [6.07, 6.45) is 0. The maximum absolute atomic E-state index is 12.0. The Bertz CT molecular complexity index is 584. The number of phosphoric acid groups is 1.